The van der Waals surface area contributed by atoms with E-state index in [0.29, 0.717) is 5.69 Å². The maximum atomic E-state index is 13.3. The van der Waals surface area contributed by atoms with Crippen LogP contribution in [0.4, 0.5) is 10.1 Å². The largest absolute Gasteiger partial charge is 0.322 e. The molecule has 0 aliphatic rings. The van der Waals surface area contributed by atoms with Gasteiger partial charge in [-0.3, -0.25) is 9.78 Å². The Morgan fingerprint density at radius 2 is 1.94 bits per heavy atom. The van der Waals surface area contributed by atoms with Crippen molar-refractivity contribution in [1.29, 1.82) is 0 Å². The average molecular weight is 248 g/mol. The lowest BCUT2D eigenvalue weighted by Crippen LogP contribution is -2.13. The predicted octanol–water partition coefficient (Wildman–Crippen LogP) is 2.76. The summed E-state index contributed by atoms with van der Waals surface area (Å²) in [5.74, 6) is -1.15. The minimum Gasteiger partial charge on any atom is -0.322 e. The van der Waals surface area contributed by atoms with E-state index in [4.69, 9.17) is 0 Å². The molecule has 1 heterocycles. The number of anilines is 1. The van der Waals surface area contributed by atoms with E-state index in [1.165, 1.54) is 12.3 Å². The van der Waals surface area contributed by atoms with Crippen molar-refractivity contribution < 1.29 is 9.18 Å². The number of amides is 1. The van der Waals surface area contributed by atoms with Crippen molar-refractivity contribution in [2.75, 3.05) is 5.32 Å². The number of carbonyl (C=O) groups excluding carboxylic acids is 1. The minimum absolute atomic E-state index is 0.0325. The summed E-state index contributed by atoms with van der Waals surface area (Å²) in [6, 6.07) is 8.19. The second kappa shape index (κ2) is 4.97. The predicted molar refractivity (Wildman–Crippen MR) is 65.8 cm³/mol. The summed E-state index contributed by atoms with van der Waals surface area (Å²) in [7, 11) is 0. The third-order valence-electron chi connectivity index (χ3n) is 2.14. The second-order valence-electron chi connectivity index (χ2n) is 3.36. The van der Waals surface area contributed by atoms with E-state index in [9.17, 15) is 9.18 Å². The van der Waals surface area contributed by atoms with Crippen molar-refractivity contribution in [3.63, 3.8) is 0 Å². The summed E-state index contributed by atoms with van der Waals surface area (Å²) in [6.07, 6.45) is 2.38. The van der Waals surface area contributed by atoms with Crippen LogP contribution in [0.1, 0.15) is 10.4 Å². The Hall–Kier alpha value is -1.88. The number of rotatable bonds is 2. The normalized spacial score (nSPS) is 10.0. The highest BCUT2D eigenvalue weighted by Gasteiger charge is 2.10. The number of carbonyl (C=O) groups is 1. The van der Waals surface area contributed by atoms with Gasteiger partial charge in [0.05, 0.1) is 11.8 Å². The van der Waals surface area contributed by atoms with Gasteiger partial charge < -0.3 is 5.32 Å². The van der Waals surface area contributed by atoms with Crippen molar-refractivity contribution in [3.8, 4) is 0 Å². The zero-order chi connectivity index (χ0) is 12.3. The van der Waals surface area contributed by atoms with Gasteiger partial charge in [-0.15, -0.1) is 12.6 Å². The standard InChI is InChI=1S/C12H9FN2OS/c13-11-7-14-6-5-10(11)12(16)15-8-1-3-9(17)4-2-8/h1-7,17H,(H,15,16). The van der Waals surface area contributed by atoms with Crippen LogP contribution in [0.3, 0.4) is 0 Å². The first-order valence-electron chi connectivity index (χ1n) is 4.87. The fourth-order valence-electron chi connectivity index (χ4n) is 1.30. The summed E-state index contributed by atoms with van der Waals surface area (Å²) in [6.45, 7) is 0. The molecule has 0 saturated carbocycles. The molecule has 17 heavy (non-hydrogen) atoms. The van der Waals surface area contributed by atoms with Gasteiger partial charge in [0.25, 0.3) is 5.91 Å². The van der Waals surface area contributed by atoms with Crippen LogP contribution in [0.15, 0.2) is 47.6 Å². The zero-order valence-electron chi connectivity index (χ0n) is 8.72. The number of thiol groups is 1. The number of hydrogen-bond donors (Lipinski definition) is 2. The molecule has 0 spiro atoms. The molecular weight excluding hydrogens is 239 g/mol. The summed E-state index contributed by atoms with van der Waals surface area (Å²) in [4.78, 5) is 16.1. The van der Waals surface area contributed by atoms with Crippen LogP contribution in [0.25, 0.3) is 0 Å². The van der Waals surface area contributed by atoms with Crippen molar-refractivity contribution in [2.24, 2.45) is 0 Å². The fraction of sp³-hybridized carbons (Fsp3) is 0. The van der Waals surface area contributed by atoms with E-state index in [2.05, 4.69) is 22.9 Å². The van der Waals surface area contributed by atoms with Gasteiger partial charge in [-0.2, -0.15) is 0 Å². The lowest BCUT2D eigenvalue weighted by atomic mass is 10.2. The Labute approximate surface area is 103 Å². The van der Waals surface area contributed by atoms with Gasteiger partial charge in [-0.25, -0.2) is 4.39 Å². The number of nitrogens with one attached hydrogen (secondary N) is 1. The third kappa shape index (κ3) is 2.82. The highest BCUT2D eigenvalue weighted by Crippen LogP contribution is 2.14. The van der Waals surface area contributed by atoms with E-state index >= 15 is 0 Å². The van der Waals surface area contributed by atoms with Crippen LogP contribution in [-0.4, -0.2) is 10.9 Å². The molecular formula is C12H9FN2OS. The van der Waals surface area contributed by atoms with E-state index in [1.807, 2.05) is 0 Å². The number of halogens is 1. The molecule has 0 aliphatic heterocycles. The first-order chi connectivity index (χ1) is 8.16. The SMILES string of the molecule is O=C(Nc1ccc(S)cc1)c1ccncc1F. The van der Waals surface area contributed by atoms with Crippen molar-refractivity contribution in [3.05, 3.63) is 54.1 Å². The van der Waals surface area contributed by atoms with Gasteiger partial charge in [-0.05, 0) is 30.3 Å². The molecule has 2 rings (SSSR count). The summed E-state index contributed by atoms with van der Waals surface area (Å²) in [5, 5.41) is 2.59. The maximum absolute atomic E-state index is 13.3. The van der Waals surface area contributed by atoms with Crippen LogP contribution >= 0.6 is 12.6 Å². The molecule has 0 radical (unpaired) electrons. The van der Waals surface area contributed by atoms with Gasteiger partial charge in [0.1, 0.15) is 0 Å². The average Bonchev–Trinajstić information content (AvgIpc) is 2.32. The topological polar surface area (TPSA) is 42.0 Å². The molecule has 86 valence electrons. The van der Waals surface area contributed by atoms with Crippen LogP contribution in [0.5, 0.6) is 0 Å². The van der Waals surface area contributed by atoms with Gasteiger partial charge >= 0.3 is 0 Å². The molecule has 1 aromatic heterocycles. The van der Waals surface area contributed by atoms with Crippen LogP contribution in [0.2, 0.25) is 0 Å². The molecule has 0 aliphatic carbocycles. The number of benzene rings is 1. The summed E-state index contributed by atoms with van der Waals surface area (Å²) in [5.41, 5.74) is 0.555. The zero-order valence-corrected chi connectivity index (χ0v) is 9.62. The van der Waals surface area contributed by atoms with Crippen LogP contribution < -0.4 is 5.32 Å². The van der Waals surface area contributed by atoms with Gasteiger partial charge in [0.2, 0.25) is 0 Å². The molecule has 3 nitrogen and oxygen atoms in total. The lowest BCUT2D eigenvalue weighted by molar-refractivity contribution is 0.102. The fourth-order valence-corrected chi connectivity index (χ4v) is 1.45. The van der Waals surface area contributed by atoms with E-state index in [0.717, 1.165) is 11.1 Å². The number of pyridine rings is 1. The second-order valence-corrected chi connectivity index (χ2v) is 3.87. The highest BCUT2D eigenvalue weighted by atomic mass is 32.1. The molecule has 1 aromatic carbocycles. The van der Waals surface area contributed by atoms with Gasteiger partial charge in [-0.1, -0.05) is 0 Å². The van der Waals surface area contributed by atoms with Crippen molar-refractivity contribution >= 4 is 24.2 Å². The maximum Gasteiger partial charge on any atom is 0.258 e. The first-order valence-corrected chi connectivity index (χ1v) is 5.31. The van der Waals surface area contributed by atoms with E-state index in [1.54, 1.807) is 24.3 Å². The smallest absolute Gasteiger partial charge is 0.258 e. The Morgan fingerprint density at radius 1 is 1.24 bits per heavy atom. The molecule has 0 atom stereocenters. The molecule has 1 amide bonds. The number of nitrogens with zero attached hydrogens (tertiary/aromatic N) is 1. The monoisotopic (exact) mass is 248 g/mol. The number of aromatic nitrogens is 1. The Bertz CT molecular complexity index is 542. The van der Waals surface area contributed by atoms with Gasteiger partial charge in [0, 0.05) is 16.8 Å². The molecule has 2 aromatic rings. The molecule has 0 saturated heterocycles. The molecule has 0 bridgehead atoms. The summed E-state index contributed by atoms with van der Waals surface area (Å²) < 4.78 is 13.3. The molecule has 1 N–H and O–H groups in total. The van der Waals surface area contributed by atoms with Crippen molar-refractivity contribution in [1.82, 2.24) is 4.98 Å². The van der Waals surface area contributed by atoms with Crippen LogP contribution in [0, 0.1) is 5.82 Å². The molecule has 0 fully saturated rings. The lowest BCUT2D eigenvalue weighted by Gasteiger charge is -2.05. The van der Waals surface area contributed by atoms with Gasteiger partial charge in [0.15, 0.2) is 5.82 Å². The van der Waals surface area contributed by atoms with Crippen LogP contribution in [-0.2, 0) is 0 Å². The van der Waals surface area contributed by atoms with E-state index in [-0.39, 0.29) is 5.56 Å². The van der Waals surface area contributed by atoms with E-state index < -0.39 is 11.7 Å². The quantitative estimate of drug-likeness (QED) is 0.802. The van der Waals surface area contributed by atoms with Crippen molar-refractivity contribution in [2.45, 2.75) is 4.90 Å². The Balaban J connectivity index is 2.17. The minimum atomic E-state index is -0.643. The Kier molecular flexibility index (Phi) is 3.39. The highest BCUT2D eigenvalue weighted by molar-refractivity contribution is 7.80. The Morgan fingerprint density at radius 3 is 2.59 bits per heavy atom. The third-order valence-corrected chi connectivity index (χ3v) is 2.44. The molecule has 5 heteroatoms. The molecule has 0 unspecified atom stereocenters. The summed E-state index contributed by atoms with van der Waals surface area (Å²) >= 11 is 4.13. The first kappa shape index (κ1) is 11.6. The number of hydrogen-bond acceptors (Lipinski definition) is 3.